The van der Waals surface area contributed by atoms with E-state index in [1.54, 1.807) is 17.0 Å². The molecule has 1 saturated heterocycles. The molecule has 0 aromatic heterocycles. The summed E-state index contributed by atoms with van der Waals surface area (Å²) in [6.07, 6.45) is -0.323. The van der Waals surface area contributed by atoms with Gasteiger partial charge in [-0.25, -0.2) is 9.18 Å². The van der Waals surface area contributed by atoms with Crippen LogP contribution in [-0.2, 0) is 4.74 Å². The van der Waals surface area contributed by atoms with Crippen LogP contribution in [0.4, 0.5) is 14.9 Å². The lowest BCUT2D eigenvalue weighted by atomic mass is 10.1. The fourth-order valence-electron chi connectivity index (χ4n) is 2.51. The summed E-state index contributed by atoms with van der Waals surface area (Å²) in [5.41, 5.74) is -0.00366. The normalized spacial score (nSPS) is 19.3. The largest absolute Gasteiger partial charge is 0.444 e. The first-order chi connectivity index (χ1) is 10.2. The molecule has 1 unspecified atom stereocenters. The molecule has 1 aromatic carbocycles. The summed E-state index contributed by atoms with van der Waals surface area (Å²) in [4.78, 5) is 15.8. The number of hydrogen-bond donors (Lipinski definition) is 0. The van der Waals surface area contributed by atoms with E-state index in [1.165, 1.54) is 6.07 Å². The number of rotatable bonds is 1. The highest BCUT2D eigenvalue weighted by molar-refractivity contribution is 6.30. The quantitative estimate of drug-likeness (QED) is 0.783. The zero-order valence-corrected chi connectivity index (χ0v) is 14.2. The fourth-order valence-corrected chi connectivity index (χ4v) is 2.66. The molecule has 1 atom stereocenters. The van der Waals surface area contributed by atoms with Crippen molar-refractivity contribution in [2.24, 2.45) is 0 Å². The van der Waals surface area contributed by atoms with Crippen LogP contribution in [0.1, 0.15) is 27.7 Å². The third-order valence-electron chi connectivity index (χ3n) is 3.51. The Bertz CT molecular complexity index is 560. The highest BCUT2D eigenvalue weighted by Crippen LogP contribution is 2.26. The minimum Gasteiger partial charge on any atom is -0.444 e. The van der Waals surface area contributed by atoms with E-state index < -0.39 is 5.60 Å². The second-order valence-electron chi connectivity index (χ2n) is 6.56. The molecule has 6 heteroatoms. The number of anilines is 1. The minimum atomic E-state index is -0.518. The molecule has 1 aliphatic heterocycles. The summed E-state index contributed by atoms with van der Waals surface area (Å²) in [7, 11) is 0. The van der Waals surface area contributed by atoms with Gasteiger partial charge in [0.1, 0.15) is 11.4 Å². The molecule has 0 N–H and O–H groups in total. The van der Waals surface area contributed by atoms with Crippen LogP contribution in [0.25, 0.3) is 0 Å². The van der Waals surface area contributed by atoms with Crippen molar-refractivity contribution in [3.63, 3.8) is 0 Å². The number of piperazine rings is 1. The molecule has 1 amide bonds. The Morgan fingerprint density at radius 3 is 2.59 bits per heavy atom. The highest BCUT2D eigenvalue weighted by atomic mass is 35.5. The zero-order chi connectivity index (χ0) is 16.5. The number of ether oxygens (including phenoxy) is 1. The molecule has 1 aromatic rings. The van der Waals surface area contributed by atoms with Crippen LogP contribution >= 0.6 is 11.6 Å². The van der Waals surface area contributed by atoms with Gasteiger partial charge in [-0.2, -0.15) is 0 Å². The second-order valence-corrected chi connectivity index (χ2v) is 7.00. The van der Waals surface area contributed by atoms with E-state index in [4.69, 9.17) is 16.3 Å². The average molecular weight is 329 g/mol. The third-order valence-corrected chi connectivity index (χ3v) is 3.74. The summed E-state index contributed by atoms with van der Waals surface area (Å²) >= 11 is 5.78. The molecule has 0 saturated carbocycles. The van der Waals surface area contributed by atoms with Gasteiger partial charge in [0.2, 0.25) is 0 Å². The predicted octanol–water partition coefficient (Wildman–Crippen LogP) is 3.92. The average Bonchev–Trinajstić information content (AvgIpc) is 2.36. The van der Waals surface area contributed by atoms with Crippen LogP contribution in [0.5, 0.6) is 0 Å². The second kappa shape index (κ2) is 6.32. The molecule has 122 valence electrons. The molecular formula is C16H22ClFN2O2. The standard InChI is InChI=1S/C16H22ClFN2O2/c1-11-10-19(14-6-5-12(17)9-13(14)18)7-8-20(11)15(21)22-16(2,3)4/h5-6,9,11H,7-8,10H2,1-4H3. The first kappa shape index (κ1) is 16.9. The number of halogens is 2. The van der Waals surface area contributed by atoms with Crippen LogP contribution in [0, 0.1) is 5.82 Å². The molecular weight excluding hydrogens is 307 g/mol. The maximum atomic E-state index is 14.0. The van der Waals surface area contributed by atoms with Crippen LogP contribution in [0.3, 0.4) is 0 Å². The number of amides is 1. The van der Waals surface area contributed by atoms with Gasteiger partial charge in [0, 0.05) is 30.7 Å². The molecule has 0 spiro atoms. The van der Waals surface area contributed by atoms with Crippen molar-refractivity contribution in [3.8, 4) is 0 Å². The molecule has 0 bridgehead atoms. The van der Waals surface area contributed by atoms with Gasteiger partial charge in [-0.15, -0.1) is 0 Å². The minimum absolute atomic E-state index is 0.0568. The van der Waals surface area contributed by atoms with Gasteiger partial charge < -0.3 is 14.5 Å². The summed E-state index contributed by atoms with van der Waals surface area (Å²) in [5, 5.41) is 0.377. The highest BCUT2D eigenvalue weighted by Gasteiger charge is 2.31. The Kier molecular flexibility index (Phi) is 4.85. The SMILES string of the molecule is CC1CN(c2ccc(Cl)cc2F)CCN1C(=O)OC(C)(C)C. The Morgan fingerprint density at radius 2 is 2.05 bits per heavy atom. The van der Waals surface area contributed by atoms with E-state index in [-0.39, 0.29) is 18.0 Å². The topological polar surface area (TPSA) is 32.8 Å². The van der Waals surface area contributed by atoms with Gasteiger partial charge >= 0.3 is 6.09 Å². The number of carbonyl (C=O) groups excluding carboxylic acids is 1. The third kappa shape index (κ3) is 4.03. The molecule has 4 nitrogen and oxygen atoms in total. The Balaban J connectivity index is 2.05. The lowest BCUT2D eigenvalue weighted by Gasteiger charge is -2.41. The summed E-state index contributed by atoms with van der Waals surface area (Å²) in [6, 6.07) is 4.60. The number of hydrogen-bond acceptors (Lipinski definition) is 3. The molecule has 1 heterocycles. The van der Waals surface area contributed by atoms with Crippen molar-refractivity contribution < 1.29 is 13.9 Å². The van der Waals surface area contributed by atoms with Crippen molar-refractivity contribution in [3.05, 3.63) is 29.0 Å². The van der Waals surface area contributed by atoms with E-state index >= 15 is 0 Å². The molecule has 1 fully saturated rings. The summed E-state index contributed by atoms with van der Waals surface area (Å²) in [6.45, 7) is 9.07. The molecule has 1 aliphatic rings. The first-order valence-electron chi connectivity index (χ1n) is 7.37. The van der Waals surface area contributed by atoms with Crippen molar-refractivity contribution in [2.75, 3.05) is 24.5 Å². The summed E-state index contributed by atoms with van der Waals surface area (Å²) in [5.74, 6) is -0.342. The van der Waals surface area contributed by atoms with Crippen molar-refractivity contribution in [1.29, 1.82) is 0 Å². The zero-order valence-electron chi connectivity index (χ0n) is 13.4. The van der Waals surface area contributed by atoms with E-state index in [1.807, 2.05) is 32.6 Å². The van der Waals surface area contributed by atoms with Crippen LogP contribution < -0.4 is 4.90 Å². The molecule has 0 aliphatic carbocycles. The maximum absolute atomic E-state index is 14.0. The Labute approximate surface area is 135 Å². The van der Waals surface area contributed by atoms with Gasteiger partial charge in [-0.05, 0) is 45.9 Å². The van der Waals surface area contributed by atoms with E-state index in [9.17, 15) is 9.18 Å². The summed E-state index contributed by atoms with van der Waals surface area (Å²) < 4.78 is 19.4. The van der Waals surface area contributed by atoms with Crippen molar-refractivity contribution in [2.45, 2.75) is 39.3 Å². The molecule has 0 radical (unpaired) electrons. The first-order valence-corrected chi connectivity index (χ1v) is 7.75. The van der Waals surface area contributed by atoms with E-state index in [2.05, 4.69) is 0 Å². The Morgan fingerprint density at radius 1 is 1.36 bits per heavy atom. The van der Waals surface area contributed by atoms with Crippen molar-refractivity contribution in [1.82, 2.24) is 4.90 Å². The maximum Gasteiger partial charge on any atom is 0.410 e. The Hall–Kier alpha value is -1.49. The monoisotopic (exact) mass is 328 g/mol. The van der Waals surface area contributed by atoms with E-state index in [0.717, 1.165) is 0 Å². The molecule has 22 heavy (non-hydrogen) atoms. The van der Waals surface area contributed by atoms with Gasteiger partial charge in [-0.3, -0.25) is 0 Å². The van der Waals surface area contributed by atoms with Gasteiger partial charge in [0.25, 0.3) is 0 Å². The number of benzene rings is 1. The smallest absolute Gasteiger partial charge is 0.410 e. The van der Waals surface area contributed by atoms with Crippen molar-refractivity contribution >= 4 is 23.4 Å². The lowest BCUT2D eigenvalue weighted by Crippen LogP contribution is -2.55. The van der Waals surface area contributed by atoms with Crippen LogP contribution in [0.2, 0.25) is 5.02 Å². The predicted molar refractivity (Wildman–Crippen MR) is 86.0 cm³/mol. The van der Waals surface area contributed by atoms with Crippen LogP contribution in [0.15, 0.2) is 18.2 Å². The fraction of sp³-hybridized carbons (Fsp3) is 0.562. The molecule has 2 rings (SSSR count). The van der Waals surface area contributed by atoms with Crippen LogP contribution in [-0.4, -0.2) is 42.3 Å². The van der Waals surface area contributed by atoms with Gasteiger partial charge in [0.05, 0.1) is 5.69 Å². The lowest BCUT2D eigenvalue weighted by molar-refractivity contribution is 0.0159. The van der Waals surface area contributed by atoms with E-state index in [0.29, 0.717) is 30.3 Å². The number of nitrogens with zero attached hydrogens (tertiary/aromatic N) is 2. The number of carbonyl (C=O) groups is 1. The van der Waals surface area contributed by atoms with Gasteiger partial charge in [0.15, 0.2) is 0 Å². The van der Waals surface area contributed by atoms with Gasteiger partial charge in [-0.1, -0.05) is 11.6 Å².